The van der Waals surface area contributed by atoms with Crippen molar-refractivity contribution in [3.05, 3.63) is 30.4 Å². The molecule has 6 nitrogen and oxygen atoms in total. The summed E-state index contributed by atoms with van der Waals surface area (Å²) >= 11 is 0. The zero-order chi connectivity index (χ0) is 16.6. The molecular formula is C19H24N5O+. The highest BCUT2D eigenvalue weighted by molar-refractivity contribution is 5.53. The van der Waals surface area contributed by atoms with Crippen molar-refractivity contribution in [1.82, 2.24) is 9.97 Å². The number of hydrogen-bond donors (Lipinski definition) is 3. The molecule has 130 valence electrons. The summed E-state index contributed by atoms with van der Waals surface area (Å²) in [7, 11) is 0. The molecule has 5 unspecified atom stereocenters. The Labute approximate surface area is 146 Å². The normalized spacial score (nSPS) is 39.6. The Hall–Kier alpha value is -2.08. The molecule has 2 heterocycles. The third-order valence-electron chi connectivity index (χ3n) is 7.72. The molecule has 0 saturated heterocycles. The molecule has 4 fully saturated rings. The molecule has 0 aromatic carbocycles. The van der Waals surface area contributed by atoms with Crippen molar-refractivity contribution >= 4 is 17.5 Å². The molecule has 0 aliphatic heterocycles. The van der Waals surface area contributed by atoms with Crippen molar-refractivity contribution in [3.63, 3.8) is 0 Å². The molecule has 6 heteroatoms. The van der Waals surface area contributed by atoms with Gasteiger partial charge in [-0.2, -0.15) is 4.98 Å². The zero-order valence-electron chi connectivity index (χ0n) is 14.2. The number of furan rings is 1. The van der Waals surface area contributed by atoms with Gasteiger partial charge in [-0.1, -0.05) is 0 Å². The molecule has 0 radical (unpaired) electrons. The number of nitrogens with one attached hydrogen (secondary N) is 1. The van der Waals surface area contributed by atoms with Gasteiger partial charge in [0, 0.05) is 18.3 Å². The van der Waals surface area contributed by atoms with E-state index in [4.69, 9.17) is 15.1 Å². The predicted octanol–water partition coefficient (Wildman–Crippen LogP) is 2.04. The smallest absolute Gasteiger partial charge is 0.253 e. The Morgan fingerprint density at radius 1 is 1.28 bits per heavy atom. The van der Waals surface area contributed by atoms with E-state index < -0.39 is 0 Å². The van der Waals surface area contributed by atoms with Crippen LogP contribution in [0.3, 0.4) is 0 Å². The van der Waals surface area contributed by atoms with E-state index in [1.54, 1.807) is 12.5 Å². The predicted molar refractivity (Wildman–Crippen MR) is 92.8 cm³/mol. The van der Waals surface area contributed by atoms with Gasteiger partial charge in [0.2, 0.25) is 5.95 Å². The van der Waals surface area contributed by atoms with Gasteiger partial charge in [-0.05, 0) is 49.1 Å². The largest absolute Gasteiger partial charge is 0.467 e. The van der Waals surface area contributed by atoms with Crippen molar-refractivity contribution in [2.75, 3.05) is 11.1 Å². The Bertz CT molecular complexity index is 836. The van der Waals surface area contributed by atoms with E-state index in [1.807, 2.05) is 12.1 Å². The van der Waals surface area contributed by atoms with Gasteiger partial charge in [-0.3, -0.25) is 5.32 Å². The SMILES string of the molecule is Nc1cnc(NCc2ccco2)nc1[NH2+]C12CC3CC4CC(C1)C42C3. The number of aromatic nitrogens is 2. The lowest BCUT2D eigenvalue weighted by Crippen LogP contribution is -3.02. The molecule has 4 aliphatic carbocycles. The first-order chi connectivity index (χ1) is 12.2. The van der Waals surface area contributed by atoms with E-state index in [-0.39, 0.29) is 0 Å². The minimum Gasteiger partial charge on any atom is -0.467 e. The number of nitrogen functional groups attached to an aromatic ring is 1. The fourth-order valence-corrected chi connectivity index (χ4v) is 6.96. The van der Waals surface area contributed by atoms with Crippen molar-refractivity contribution in [2.24, 2.45) is 23.2 Å². The van der Waals surface area contributed by atoms with Crippen LogP contribution in [0.5, 0.6) is 0 Å². The minimum atomic E-state index is 0.365. The van der Waals surface area contributed by atoms with Crippen LogP contribution in [-0.2, 0) is 6.54 Å². The Morgan fingerprint density at radius 2 is 2.24 bits per heavy atom. The summed E-state index contributed by atoms with van der Waals surface area (Å²) in [5.41, 5.74) is 7.89. The van der Waals surface area contributed by atoms with Gasteiger partial charge >= 0.3 is 0 Å². The van der Waals surface area contributed by atoms with Crippen LogP contribution in [-0.4, -0.2) is 15.5 Å². The number of anilines is 2. The summed E-state index contributed by atoms with van der Waals surface area (Å²) in [5, 5.41) is 5.66. The molecule has 5 atom stereocenters. The Morgan fingerprint density at radius 3 is 3.04 bits per heavy atom. The van der Waals surface area contributed by atoms with Crippen molar-refractivity contribution in [1.29, 1.82) is 0 Å². The maximum absolute atomic E-state index is 6.23. The summed E-state index contributed by atoms with van der Waals surface area (Å²) in [4.78, 5) is 9.06. The lowest BCUT2D eigenvalue weighted by atomic mass is 9.35. The van der Waals surface area contributed by atoms with Crippen LogP contribution >= 0.6 is 0 Å². The number of hydrogen-bond acceptors (Lipinski definition) is 5. The van der Waals surface area contributed by atoms with Crippen LogP contribution in [0.2, 0.25) is 0 Å². The van der Waals surface area contributed by atoms with Crippen LogP contribution in [0.4, 0.5) is 17.5 Å². The second-order valence-electron chi connectivity index (χ2n) is 8.65. The molecule has 2 aromatic heterocycles. The lowest BCUT2D eigenvalue weighted by Gasteiger charge is -2.70. The first-order valence-electron chi connectivity index (χ1n) is 9.43. The average molecular weight is 338 g/mol. The monoisotopic (exact) mass is 338 g/mol. The lowest BCUT2D eigenvalue weighted by molar-refractivity contribution is -0.708. The van der Waals surface area contributed by atoms with Gasteiger partial charge in [-0.15, -0.1) is 0 Å². The summed E-state index contributed by atoms with van der Waals surface area (Å²) in [5.74, 6) is 5.30. The first kappa shape index (κ1) is 14.1. The highest BCUT2D eigenvalue weighted by Crippen LogP contribution is 2.81. The van der Waals surface area contributed by atoms with Gasteiger partial charge in [0.05, 0.1) is 19.0 Å². The van der Waals surface area contributed by atoms with Gasteiger partial charge in [0.25, 0.3) is 5.82 Å². The summed E-state index contributed by atoms with van der Waals surface area (Å²) in [6.07, 6.45) is 10.5. The summed E-state index contributed by atoms with van der Waals surface area (Å²) in [6.45, 7) is 0.581. The van der Waals surface area contributed by atoms with E-state index in [9.17, 15) is 0 Å². The highest BCUT2D eigenvalue weighted by atomic mass is 16.3. The number of nitrogens with zero attached hydrogens (tertiary/aromatic N) is 2. The maximum Gasteiger partial charge on any atom is 0.253 e. The highest BCUT2D eigenvalue weighted by Gasteiger charge is 2.83. The zero-order valence-corrected chi connectivity index (χ0v) is 14.2. The van der Waals surface area contributed by atoms with Gasteiger partial charge in [-0.25, -0.2) is 4.98 Å². The first-order valence-corrected chi connectivity index (χ1v) is 9.43. The van der Waals surface area contributed by atoms with Crippen LogP contribution in [0.1, 0.15) is 37.9 Å². The van der Waals surface area contributed by atoms with Gasteiger partial charge in [0.15, 0.2) is 0 Å². The quantitative estimate of drug-likeness (QED) is 0.776. The number of fused-ring (bicyclic) bond motifs is 1. The van der Waals surface area contributed by atoms with E-state index in [2.05, 4.69) is 15.6 Å². The molecule has 2 aromatic rings. The third-order valence-corrected chi connectivity index (χ3v) is 7.72. The molecule has 4 saturated carbocycles. The van der Waals surface area contributed by atoms with Crippen molar-refractivity contribution in [3.8, 4) is 0 Å². The fourth-order valence-electron chi connectivity index (χ4n) is 6.96. The molecule has 5 N–H and O–H groups in total. The average Bonchev–Trinajstić information content (AvgIpc) is 3.26. The van der Waals surface area contributed by atoms with Gasteiger partial charge < -0.3 is 15.5 Å². The molecular weight excluding hydrogens is 314 g/mol. The number of nitrogens with two attached hydrogens (primary N) is 2. The summed E-state index contributed by atoms with van der Waals surface area (Å²) < 4.78 is 5.35. The third kappa shape index (κ3) is 1.68. The maximum atomic E-state index is 6.23. The van der Waals surface area contributed by atoms with Gasteiger partial charge in [0.1, 0.15) is 17.0 Å². The van der Waals surface area contributed by atoms with Crippen LogP contribution in [0, 0.1) is 23.2 Å². The Kier molecular flexibility index (Phi) is 2.57. The standard InChI is InChI=1S/C19H23N5O/c20-15-10-22-17(21-9-14-2-1-3-25-14)23-16(15)24-18-6-11-4-12-5-13(8-18)19(12,18)7-11/h1-3,10-13H,4-9,20H2,(H2,21,22,23,24)/p+1. The molecule has 1 spiro atoms. The van der Waals surface area contributed by atoms with Crippen LogP contribution in [0.15, 0.2) is 29.0 Å². The number of quaternary nitrogens is 1. The van der Waals surface area contributed by atoms with E-state index in [1.165, 1.54) is 32.1 Å². The molecule has 0 amide bonds. The van der Waals surface area contributed by atoms with E-state index in [0.717, 1.165) is 29.3 Å². The second-order valence-corrected chi connectivity index (χ2v) is 8.65. The molecule has 4 aliphatic rings. The topological polar surface area (TPSA) is 93.6 Å². The van der Waals surface area contributed by atoms with E-state index >= 15 is 0 Å². The number of rotatable bonds is 5. The Balaban J connectivity index is 1.25. The minimum absolute atomic E-state index is 0.365. The van der Waals surface area contributed by atoms with Crippen LogP contribution in [0.25, 0.3) is 0 Å². The molecule has 6 rings (SSSR count). The van der Waals surface area contributed by atoms with Crippen molar-refractivity contribution < 1.29 is 9.73 Å². The van der Waals surface area contributed by atoms with Crippen molar-refractivity contribution in [2.45, 2.75) is 44.2 Å². The fraction of sp³-hybridized carbons (Fsp3) is 0.579. The van der Waals surface area contributed by atoms with Crippen LogP contribution < -0.4 is 16.4 Å². The molecule has 25 heavy (non-hydrogen) atoms. The second kappa shape index (κ2) is 4.55. The van der Waals surface area contributed by atoms with E-state index in [0.29, 0.717) is 29.1 Å². The molecule has 2 bridgehead atoms. The summed E-state index contributed by atoms with van der Waals surface area (Å²) in [6, 6.07) is 3.83.